The molecule has 4 N–H and O–H groups in total. The van der Waals surface area contributed by atoms with E-state index >= 15 is 0 Å². The molecule has 0 aromatic carbocycles. The molecule has 17 heavy (non-hydrogen) atoms. The Bertz CT molecular complexity index is 395. The first kappa shape index (κ1) is 13.7. The third-order valence-corrected chi connectivity index (χ3v) is 3.45. The minimum Gasteiger partial charge on any atom is -0.374 e. The summed E-state index contributed by atoms with van der Waals surface area (Å²) >= 11 is 2.46. The van der Waals surface area contributed by atoms with Gasteiger partial charge in [-0.25, -0.2) is 0 Å². The lowest BCUT2D eigenvalue weighted by Crippen LogP contribution is -2.37. The highest BCUT2D eigenvalue weighted by atomic mass is 32.2. The zero-order valence-electron chi connectivity index (χ0n) is 9.23. The lowest BCUT2D eigenvalue weighted by molar-refractivity contribution is -0.124. The largest absolute Gasteiger partial charge is 0.374 e. The fourth-order valence-electron chi connectivity index (χ4n) is 0.896. The first-order valence-electron chi connectivity index (χ1n) is 4.87. The summed E-state index contributed by atoms with van der Waals surface area (Å²) in [5, 5.41) is 12.8. The van der Waals surface area contributed by atoms with Crippen molar-refractivity contribution >= 4 is 40.0 Å². The maximum Gasteiger partial charge on any atom is 0.239 e. The van der Waals surface area contributed by atoms with Gasteiger partial charge in [0.25, 0.3) is 0 Å². The van der Waals surface area contributed by atoms with Gasteiger partial charge in [0.2, 0.25) is 16.9 Å². The van der Waals surface area contributed by atoms with Crippen LogP contribution in [0, 0.1) is 0 Å². The van der Waals surface area contributed by atoms with Crippen LogP contribution in [0.25, 0.3) is 0 Å². The van der Waals surface area contributed by atoms with Gasteiger partial charge in [0.05, 0.1) is 12.3 Å². The number of nitrogens with two attached hydrogens (primary N) is 1. The number of carbonyl (C=O) groups excluding carboxylic acids is 2. The minimum atomic E-state index is -0.227. The lowest BCUT2D eigenvalue weighted by atomic mass is 10.5. The maximum absolute atomic E-state index is 11.3. The molecule has 0 unspecified atom stereocenters. The van der Waals surface area contributed by atoms with Crippen LogP contribution in [0.2, 0.25) is 0 Å². The zero-order chi connectivity index (χ0) is 12.7. The fourth-order valence-corrected chi connectivity index (χ4v) is 2.36. The number of thioether (sulfide) groups is 1. The SMILES string of the molecule is CCNC(=O)CNC(=O)CSc1nnc(N)s1. The van der Waals surface area contributed by atoms with Gasteiger partial charge in [-0.1, -0.05) is 23.1 Å². The molecular formula is C8H13N5O2S2. The molecule has 0 saturated heterocycles. The molecule has 0 aliphatic carbocycles. The molecular weight excluding hydrogens is 262 g/mol. The molecule has 0 radical (unpaired) electrons. The second kappa shape index (κ2) is 7.07. The molecule has 0 atom stereocenters. The van der Waals surface area contributed by atoms with E-state index in [2.05, 4.69) is 20.8 Å². The number of hydrogen-bond donors (Lipinski definition) is 3. The van der Waals surface area contributed by atoms with Gasteiger partial charge < -0.3 is 16.4 Å². The van der Waals surface area contributed by atoms with Gasteiger partial charge in [-0.15, -0.1) is 10.2 Å². The van der Waals surface area contributed by atoms with E-state index in [1.165, 1.54) is 23.1 Å². The van der Waals surface area contributed by atoms with Gasteiger partial charge in [0.15, 0.2) is 4.34 Å². The van der Waals surface area contributed by atoms with Crippen molar-refractivity contribution < 1.29 is 9.59 Å². The van der Waals surface area contributed by atoms with Crippen LogP contribution in [-0.2, 0) is 9.59 Å². The van der Waals surface area contributed by atoms with Crippen molar-refractivity contribution in [2.24, 2.45) is 0 Å². The Labute approximate surface area is 107 Å². The van der Waals surface area contributed by atoms with Crippen LogP contribution in [0.15, 0.2) is 4.34 Å². The van der Waals surface area contributed by atoms with Crippen molar-refractivity contribution in [1.29, 1.82) is 0 Å². The highest BCUT2D eigenvalue weighted by Crippen LogP contribution is 2.22. The predicted molar refractivity (Wildman–Crippen MR) is 66.7 cm³/mol. The van der Waals surface area contributed by atoms with Gasteiger partial charge >= 0.3 is 0 Å². The Kier molecular flexibility index (Phi) is 5.70. The van der Waals surface area contributed by atoms with Gasteiger partial charge in [-0.05, 0) is 6.92 Å². The Morgan fingerprint density at radius 2 is 2.12 bits per heavy atom. The van der Waals surface area contributed by atoms with E-state index < -0.39 is 0 Å². The number of hydrogen-bond acceptors (Lipinski definition) is 7. The Balaban J connectivity index is 2.19. The van der Waals surface area contributed by atoms with Crippen LogP contribution >= 0.6 is 23.1 Å². The van der Waals surface area contributed by atoms with Crippen molar-refractivity contribution in [2.45, 2.75) is 11.3 Å². The van der Waals surface area contributed by atoms with Crippen LogP contribution in [0.1, 0.15) is 6.92 Å². The topological polar surface area (TPSA) is 110 Å². The van der Waals surface area contributed by atoms with Gasteiger partial charge in [-0.2, -0.15) is 0 Å². The summed E-state index contributed by atoms with van der Waals surface area (Å²) in [5.74, 6) is -0.241. The molecule has 0 aliphatic heterocycles. The molecule has 1 rings (SSSR count). The van der Waals surface area contributed by atoms with Gasteiger partial charge in [0, 0.05) is 6.54 Å². The summed E-state index contributed by atoms with van der Waals surface area (Å²) in [6.45, 7) is 2.36. The Morgan fingerprint density at radius 1 is 1.35 bits per heavy atom. The van der Waals surface area contributed by atoms with Crippen LogP contribution < -0.4 is 16.4 Å². The molecule has 9 heteroatoms. The fraction of sp³-hybridized carbons (Fsp3) is 0.500. The first-order valence-corrected chi connectivity index (χ1v) is 6.67. The molecule has 2 amide bonds. The highest BCUT2D eigenvalue weighted by Gasteiger charge is 2.07. The zero-order valence-corrected chi connectivity index (χ0v) is 10.9. The van der Waals surface area contributed by atoms with Crippen molar-refractivity contribution in [3.8, 4) is 0 Å². The number of rotatable bonds is 6. The number of carbonyl (C=O) groups is 2. The van der Waals surface area contributed by atoms with E-state index in [1.807, 2.05) is 6.92 Å². The molecule has 0 fully saturated rings. The summed E-state index contributed by atoms with van der Waals surface area (Å²) in [7, 11) is 0. The molecule has 0 saturated carbocycles. The normalized spacial score (nSPS) is 9.94. The van der Waals surface area contributed by atoms with Crippen LogP contribution in [0.3, 0.4) is 0 Å². The number of nitrogens with one attached hydrogen (secondary N) is 2. The molecule has 1 aromatic rings. The van der Waals surface area contributed by atoms with Crippen molar-refractivity contribution in [1.82, 2.24) is 20.8 Å². The number of nitrogen functional groups attached to an aromatic ring is 1. The molecule has 1 heterocycles. The number of nitrogens with zero attached hydrogens (tertiary/aromatic N) is 2. The predicted octanol–water partition coefficient (Wildman–Crippen LogP) is -0.535. The summed E-state index contributed by atoms with van der Waals surface area (Å²) in [6.07, 6.45) is 0. The first-order chi connectivity index (χ1) is 8.11. The molecule has 0 bridgehead atoms. The summed E-state index contributed by atoms with van der Waals surface area (Å²) in [5.41, 5.74) is 5.39. The summed E-state index contributed by atoms with van der Waals surface area (Å²) in [6, 6.07) is 0. The van der Waals surface area contributed by atoms with E-state index in [0.29, 0.717) is 16.0 Å². The summed E-state index contributed by atoms with van der Waals surface area (Å²) < 4.78 is 0.635. The van der Waals surface area contributed by atoms with Crippen LogP contribution in [0.4, 0.5) is 5.13 Å². The molecule has 94 valence electrons. The van der Waals surface area contributed by atoms with E-state index in [-0.39, 0.29) is 24.1 Å². The van der Waals surface area contributed by atoms with Crippen LogP contribution in [0.5, 0.6) is 0 Å². The van der Waals surface area contributed by atoms with Crippen LogP contribution in [-0.4, -0.2) is 40.9 Å². The number of amides is 2. The maximum atomic E-state index is 11.3. The van der Waals surface area contributed by atoms with E-state index in [4.69, 9.17) is 5.73 Å². The number of likely N-dealkylation sites (N-methyl/N-ethyl adjacent to an activating group) is 1. The average molecular weight is 275 g/mol. The second-order valence-electron chi connectivity index (χ2n) is 2.93. The third kappa shape index (κ3) is 5.50. The quantitative estimate of drug-likeness (QED) is 0.602. The van der Waals surface area contributed by atoms with Gasteiger partial charge in [-0.3, -0.25) is 9.59 Å². The Hall–Kier alpha value is -1.35. The molecule has 7 nitrogen and oxygen atoms in total. The van der Waals surface area contributed by atoms with E-state index in [1.54, 1.807) is 0 Å². The lowest BCUT2D eigenvalue weighted by Gasteiger charge is -2.03. The highest BCUT2D eigenvalue weighted by molar-refractivity contribution is 8.01. The Morgan fingerprint density at radius 3 is 2.71 bits per heavy atom. The van der Waals surface area contributed by atoms with Crippen molar-refractivity contribution in [3.05, 3.63) is 0 Å². The smallest absolute Gasteiger partial charge is 0.239 e. The van der Waals surface area contributed by atoms with E-state index in [0.717, 1.165) is 0 Å². The second-order valence-corrected chi connectivity index (χ2v) is 5.16. The standard InChI is InChI=1S/C8H13N5O2S2/c1-2-10-5(14)3-11-6(15)4-16-8-13-12-7(9)17-8/h2-4H2,1H3,(H2,9,12)(H,10,14)(H,11,15). The summed E-state index contributed by atoms with van der Waals surface area (Å²) in [4.78, 5) is 22.4. The third-order valence-electron chi connectivity index (χ3n) is 1.57. The average Bonchev–Trinajstić information content (AvgIpc) is 2.70. The monoisotopic (exact) mass is 275 g/mol. The minimum absolute atomic E-state index is 0.00844. The van der Waals surface area contributed by atoms with Gasteiger partial charge in [0.1, 0.15) is 0 Å². The number of aromatic nitrogens is 2. The van der Waals surface area contributed by atoms with Crippen molar-refractivity contribution in [2.75, 3.05) is 24.6 Å². The van der Waals surface area contributed by atoms with E-state index in [9.17, 15) is 9.59 Å². The molecule has 0 spiro atoms. The molecule has 0 aliphatic rings. The molecule has 1 aromatic heterocycles. The van der Waals surface area contributed by atoms with Crippen molar-refractivity contribution in [3.63, 3.8) is 0 Å². The number of anilines is 1.